The van der Waals surface area contributed by atoms with E-state index in [0.717, 1.165) is 5.56 Å². The minimum Gasteiger partial charge on any atom is -0.388 e. The summed E-state index contributed by atoms with van der Waals surface area (Å²) in [6.45, 7) is 1.81. The van der Waals surface area contributed by atoms with E-state index in [1.54, 1.807) is 10.6 Å². The molecule has 2 heterocycles. The number of fused-ring (bicyclic) bond motifs is 1. The summed E-state index contributed by atoms with van der Waals surface area (Å²) in [7, 11) is 0. The van der Waals surface area contributed by atoms with Crippen LogP contribution in [0.25, 0.3) is 5.78 Å². The summed E-state index contributed by atoms with van der Waals surface area (Å²) in [6, 6.07) is 0. The number of nitrogens with zero attached hydrogens (tertiary/aromatic N) is 4. The fraction of sp³-hybridized carbons (Fsp3) is 0.286. The van der Waals surface area contributed by atoms with Crippen molar-refractivity contribution in [3.63, 3.8) is 0 Å². The van der Waals surface area contributed by atoms with Gasteiger partial charge in [-0.05, 0) is 12.5 Å². The van der Waals surface area contributed by atoms with Crippen LogP contribution in [0.2, 0.25) is 0 Å². The first kappa shape index (κ1) is 7.17. The molecule has 0 radical (unpaired) electrons. The molecule has 12 heavy (non-hydrogen) atoms. The third-order valence-electron chi connectivity index (χ3n) is 1.61. The molecular weight excluding hydrogens is 156 g/mol. The lowest BCUT2D eigenvalue weighted by Crippen LogP contribution is -1.95. The summed E-state index contributed by atoms with van der Waals surface area (Å²) in [6.07, 6.45) is 3.55. The van der Waals surface area contributed by atoms with Gasteiger partial charge in [-0.1, -0.05) is 0 Å². The van der Waals surface area contributed by atoms with Crippen LogP contribution in [0.1, 0.15) is 11.4 Å². The number of hydrogen-bond acceptors (Lipinski definition) is 4. The summed E-state index contributed by atoms with van der Waals surface area (Å²) in [5.41, 5.74) is 1.01. The van der Waals surface area contributed by atoms with Gasteiger partial charge < -0.3 is 5.11 Å². The van der Waals surface area contributed by atoms with Gasteiger partial charge in [-0.25, -0.2) is 4.98 Å². The molecule has 0 bridgehead atoms. The molecule has 0 unspecified atom stereocenters. The molecule has 2 rings (SSSR count). The highest BCUT2D eigenvalue weighted by molar-refractivity contribution is 5.28. The van der Waals surface area contributed by atoms with Gasteiger partial charge in [-0.2, -0.15) is 0 Å². The Labute approximate surface area is 68.7 Å². The van der Waals surface area contributed by atoms with E-state index in [4.69, 9.17) is 5.11 Å². The lowest BCUT2D eigenvalue weighted by Gasteiger charge is -1.95. The average Bonchev–Trinajstić information content (AvgIpc) is 2.46. The molecule has 0 amide bonds. The number of aliphatic hydroxyl groups excluding tert-OH is 1. The molecule has 5 nitrogen and oxygen atoms in total. The standard InChI is InChI=1S/C7H8N4O/c1-5-2-8-7-10-9-6(4-12)11(7)3-5/h2-3,12H,4H2,1H3. The minimum atomic E-state index is -0.119. The van der Waals surface area contributed by atoms with Crippen molar-refractivity contribution >= 4 is 5.78 Å². The van der Waals surface area contributed by atoms with E-state index in [0.29, 0.717) is 11.6 Å². The Bertz CT molecular complexity index is 409. The van der Waals surface area contributed by atoms with Crippen LogP contribution in [-0.2, 0) is 6.61 Å². The average molecular weight is 164 g/mol. The molecule has 0 spiro atoms. The zero-order valence-electron chi connectivity index (χ0n) is 6.60. The predicted molar refractivity (Wildman–Crippen MR) is 41.4 cm³/mol. The lowest BCUT2D eigenvalue weighted by atomic mass is 10.4. The van der Waals surface area contributed by atoms with Crippen LogP contribution in [0.15, 0.2) is 12.4 Å². The fourth-order valence-electron chi connectivity index (χ4n) is 1.04. The molecule has 0 fully saturated rings. The summed E-state index contributed by atoms with van der Waals surface area (Å²) in [5.74, 6) is 1.03. The van der Waals surface area contributed by atoms with Gasteiger partial charge in [0.2, 0.25) is 0 Å². The molecule has 0 saturated heterocycles. The quantitative estimate of drug-likeness (QED) is 0.640. The van der Waals surface area contributed by atoms with Crippen LogP contribution in [0.5, 0.6) is 0 Å². The van der Waals surface area contributed by atoms with E-state index in [9.17, 15) is 0 Å². The molecular formula is C7H8N4O. The largest absolute Gasteiger partial charge is 0.388 e. The topological polar surface area (TPSA) is 63.3 Å². The van der Waals surface area contributed by atoms with Gasteiger partial charge >= 0.3 is 0 Å². The number of aromatic nitrogens is 4. The third kappa shape index (κ3) is 0.947. The monoisotopic (exact) mass is 164 g/mol. The van der Waals surface area contributed by atoms with Crippen molar-refractivity contribution in [1.29, 1.82) is 0 Å². The van der Waals surface area contributed by atoms with Crippen LogP contribution in [0, 0.1) is 6.92 Å². The van der Waals surface area contributed by atoms with Gasteiger partial charge in [0.25, 0.3) is 5.78 Å². The van der Waals surface area contributed by atoms with E-state index in [2.05, 4.69) is 15.2 Å². The highest BCUT2D eigenvalue weighted by Crippen LogP contribution is 2.02. The molecule has 0 saturated carbocycles. The Morgan fingerprint density at radius 1 is 1.50 bits per heavy atom. The normalized spacial score (nSPS) is 10.8. The maximum Gasteiger partial charge on any atom is 0.255 e. The van der Waals surface area contributed by atoms with Crippen molar-refractivity contribution in [2.75, 3.05) is 0 Å². The Balaban J connectivity index is 2.75. The minimum absolute atomic E-state index is 0.119. The molecule has 0 aliphatic heterocycles. The first-order chi connectivity index (χ1) is 5.81. The third-order valence-corrected chi connectivity index (χ3v) is 1.61. The van der Waals surface area contributed by atoms with Crippen LogP contribution in [0.4, 0.5) is 0 Å². The predicted octanol–water partition coefficient (Wildman–Crippen LogP) is -0.0750. The Hall–Kier alpha value is -1.49. The van der Waals surface area contributed by atoms with Gasteiger partial charge in [-0.3, -0.25) is 4.40 Å². The van der Waals surface area contributed by atoms with Gasteiger partial charge in [0, 0.05) is 12.4 Å². The Kier molecular flexibility index (Phi) is 1.51. The van der Waals surface area contributed by atoms with Crippen molar-refractivity contribution in [2.24, 2.45) is 0 Å². The molecule has 5 heteroatoms. The maximum absolute atomic E-state index is 8.86. The van der Waals surface area contributed by atoms with Crippen molar-refractivity contribution in [1.82, 2.24) is 19.6 Å². The van der Waals surface area contributed by atoms with E-state index >= 15 is 0 Å². The SMILES string of the molecule is Cc1cnc2nnc(CO)n2c1. The summed E-state index contributed by atoms with van der Waals surface area (Å²) in [5, 5.41) is 16.4. The van der Waals surface area contributed by atoms with Gasteiger partial charge in [0.05, 0.1) is 0 Å². The number of hydrogen-bond donors (Lipinski definition) is 1. The van der Waals surface area contributed by atoms with Crippen molar-refractivity contribution < 1.29 is 5.11 Å². The van der Waals surface area contributed by atoms with Crippen molar-refractivity contribution in [3.05, 3.63) is 23.8 Å². The highest BCUT2D eigenvalue weighted by atomic mass is 16.3. The molecule has 0 atom stereocenters. The highest BCUT2D eigenvalue weighted by Gasteiger charge is 2.03. The molecule has 0 aliphatic carbocycles. The van der Waals surface area contributed by atoms with Crippen molar-refractivity contribution in [3.8, 4) is 0 Å². The maximum atomic E-state index is 8.86. The zero-order valence-corrected chi connectivity index (χ0v) is 6.60. The van der Waals surface area contributed by atoms with Crippen LogP contribution in [-0.4, -0.2) is 24.7 Å². The van der Waals surface area contributed by atoms with E-state index in [1.807, 2.05) is 13.1 Å². The molecule has 62 valence electrons. The van der Waals surface area contributed by atoms with Gasteiger partial charge in [-0.15, -0.1) is 10.2 Å². The van der Waals surface area contributed by atoms with E-state index in [1.165, 1.54) is 0 Å². The second-order valence-corrected chi connectivity index (χ2v) is 2.58. The molecule has 1 N–H and O–H groups in total. The number of aryl methyl sites for hydroxylation is 1. The first-order valence-corrected chi connectivity index (χ1v) is 3.58. The Morgan fingerprint density at radius 2 is 2.33 bits per heavy atom. The van der Waals surface area contributed by atoms with Gasteiger partial charge in [0.1, 0.15) is 6.61 Å². The second kappa shape index (κ2) is 2.53. The van der Waals surface area contributed by atoms with Crippen molar-refractivity contribution in [2.45, 2.75) is 13.5 Å². The number of aliphatic hydroxyl groups is 1. The smallest absolute Gasteiger partial charge is 0.255 e. The first-order valence-electron chi connectivity index (χ1n) is 3.58. The van der Waals surface area contributed by atoms with Crippen LogP contribution < -0.4 is 0 Å². The van der Waals surface area contributed by atoms with E-state index < -0.39 is 0 Å². The summed E-state index contributed by atoms with van der Waals surface area (Å²) < 4.78 is 1.68. The van der Waals surface area contributed by atoms with Gasteiger partial charge in [0.15, 0.2) is 5.82 Å². The zero-order chi connectivity index (χ0) is 8.55. The second-order valence-electron chi connectivity index (χ2n) is 2.58. The molecule has 2 aromatic rings. The molecule has 2 aromatic heterocycles. The molecule has 0 aromatic carbocycles. The van der Waals surface area contributed by atoms with Crippen LogP contribution in [0.3, 0.4) is 0 Å². The summed E-state index contributed by atoms with van der Waals surface area (Å²) >= 11 is 0. The Morgan fingerprint density at radius 3 is 3.08 bits per heavy atom. The number of rotatable bonds is 1. The summed E-state index contributed by atoms with van der Waals surface area (Å²) in [4.78, 5) is 4.03. The van der Waals surface area contributed by atoms with Crippen LogP contribution >= 0.6 is 0 Å². The molecule has 0 aliphatic rings. The van der Waals surface area contributed by atoms with E-state index in [-0.39, 0.29) is 6.61 Å². The lowest BCUT2D eigenvalue weighted by molar-refractivity contribution is 0.270. The fourth-order valence-corrected chi connectivity index (χ4v) is 1.04.